The molecule has 3 fully saturated rings. The molecule has 2 heterocycles. The van der Waals surface area contributed by atoms with Crippen LogP contribution < -0.4 is 0 Å². The molecule has 0 bridgehead atoms. The maximum Gasteiger partial charge on any atom is 0.334 e. The Hall–Kier alpha value is -2.11. The molecule has 1 saturated carbocycles. The second-order valence-corrected chi connectivity index (χ2v) is 9.51. The molecule has 182 valence electrons. The number of aliphatic hydroxyl groups excluding tert-OH is 3. The Morgan fingerprint density at radius 1 is 1.21 bits per heavy atom. The van der Waals surface area contributed by atoms with Gasteiger partial charge in [0.15, 0.2) is 18.2 Å². The standard InChI is InChI=1S/C23H30O10/c1-9-12-5-6-23(4,14(12)7-13-10(2)21(29)32-20(13)16(9)25)33-22-19(28)18(27)17(26)15(31-22)8-30-11(3)24/h13-15,17-20,22,26-28H,2,5-8H2,1,3-4H3/t13-,14-,15-,17-,18+,19-,20+,22+,23-/m1/s1. The van der Waals surface area contributed by atoms with E-state index in [4.69, 9.17) is 18.9 Å². The first-order valence-corrected chi connectivity index (χ1v) is 11.1. The Balaban J connectivity index is 1.58. The zero-order valence-corrected chi connectivity index (χ0v) is 18.9. The monoisotopic (exact) mass is 466 g/mol. The lowest BCUT2D eigenvalue weighted by Crippen LogP contribution is -2.61. The van der Waals surface area contributed by atoms with Crippen LogP contribution in [0.15, 0.2) is 23.3 Å². The minimum absolute atomic E-state index is 0.234. The van der Waals surface area contributed by atoms with Crippen LogP contribution >= 0.6 is 0 Å². The number of rotatable bonds is 4. The summed E-state index contributed by atoms with van der Waals surface area (Å²) in [5.41, 5.74) is 0.793. The molecule has 0 aromatic heterocycles. The zero-order chi connectivity index (χ0) is 24.2. The van der Waals surface area contributed by atoms with E-state index in [1.807, 2.05) is 6.92 Å². The second kappa shape index (κ2) is 8.59. The highest BCUT2D eigenvalue weighted by atomic mass is 16.7. The fourth-order valence-corrected chi connectivity index (χ4v) is 5.43. The Bertz CT molecular complexity index is 909. The fraction of sp³-hybridized carbons (Fsp3) is 0.696. The number of fused-ring (bicyclic) bond motifs is 2. The Morgan fingerprint density at radius 3 is 2.58 bits per heavy atom. The summed E-state index contributed by atoms with van der Waals surface area (Å²) in [6.07, 6.45) is -6.43. The van der Waals surface area contributed by atoms with Gasteiger partial charge in [-0.2, -0.15) is 0 Å². The number of ether oxygens (including phenoxy) is 4. The number of hydrogen-bond acceptors (Lipinski definition) is 10. The van der Waals surface area contributed by atoms with Gasteiger partial charge < -0.3 is 34.3 Å². The molecule has 2 aliphatic heterocycles. The van der Waals surface area contributed by atoms with Crippen LogP contribution in [0.3, 0.4) is 0 Å². The van der Waals surface area contributed by atoms with Crippen LogP contribution in [0.1, 0.15) is 40.0 Å². The van der Waals surface area contributed by atoms with Crippen LogP contribution in [0, 0.1) is 11.8 Å². The Morgan fingerprint density at radius 2 is 1.91 bits per heavy atom. The number of hydrogen-bond donors (Lipinski definition) is 3. The van der Waals surface area contributed by atoms with Crippen molar-refractivity contribution >= 4 is 17.7 Å². The smallest absolute Gasteiger partial charge is 0.334 e. The molecular formula is C23H30O10. The van der Waals surface area contributed by atoms with E-state index in [2.05, 4.69) is 6.58 Å². The molecule has 0 aromatic carbocycles. The molecule has 0 aromatic rings. The van der Waals surface area contributed by atoms with Crippen LogP contribution in [0.25, 0.3) is 0 Å². The molecule has 3 N–H and O–H groups in total. The third-order valence-corrected chi connectivity index (χ3v) is 7.46. The number of ketones is 1. The number of aliphatic hydroxyl groups is 3. The summed E-state index contributed by atoms with van der Waals surface area (Å²) in [5, 5.41) is 31.1. The van der Waals surface area contributed by atoms with Crippen LogP contribution in [0.2, 0.25) is 0 Å². The first-order valence-electron chi connectivity index (χ1n) is 11.1. The lowest BCUT2D eigenvalue weighted by molar-refractivity contribution is -0.328. The van der Waals surface area contributed by atoms with Gasteiger partial charge in [0, 0.05) is 24.3 Å². The molecule has 4 aliphatic rings. The normalized spacial score (nSPS) is 43.2. The lowest BCUT2D eigenvalue weighted by Gasteiger charge is -2.44. The summed E-state index contributed by atoms with van der Waals surface area (Å²) < 4.78 is 22.1. The van der Waals surface area contributed by atoms with Crippen molar-refractivity contribution in [2.24, 2.45) is 11.8 Å². The summed E-state index contributed by atoms with van der Waals surface area (Å²) in [4.78, 5) is 36.2. The maximum atomic E-state index is 13.0. The van der Waals surface area contributed by atoms with E-state index in [9.17, 15) is 29.7 Å². The number of carbonyl (C=O) groups excluding carboxylic acids is 3. The van der Waals surface area contributed by atoms with E-state index in [0.717, 1.165) is 5.57 Å². The highest BCUT2D eigenvalue weighted by Gasteiger charge is 2.55. The lowest BCUT2D eigenvalue weighted by atomic mass is 9.80. The largest absolute Gasteiger partial charge is 0.463 e. The predicted molar refractivity (Wildman–Crippen MR) is 110 cm³/mol. The van der Waals surface area contributed by atoms with Crippen molar-refractivity contribution in [3.8, 4) is 0 Å². The third-order valence-electron chi connectivity index (χ3n) is 7.46. The van der Waals surface area contributed by atoms with Gasteiger partial charge in [-0.25, -0.2) is 4.79 Å². The van der Waals surface area contributed by atoms with Gasteiger partial charge in [0.1, 0.15) is 31.0 Å². The molecule has 0 radical (unpaired) electrons. The van der Waals surface area contributed by atoms with Gasteiger partial charge in [-0.15, -0.1) is 0 Å². The van der Waals surface area contributed by atoms with E-state index in [1.165, 1.54) is 6.92 Å². The van der Waals surface area contributed by atoms with Gasteiger partial charge in [0.2, 0.25) is 0 Å². The topological polar surface area (TPSA) is 149 Å². The highest BCUT2D eigenvalue weighted by Crippen LogP contribution is 2.52. The van der Waals surface area contributed by atoms with Crippen molar-refractivity contribution < 1.29 is 48.7 Å². The molecule has 10 nitrogen and oxygen atoms in total. The average Bonchev–Trinajstić information content (AvgIpc) is 3.20. The van der Waals surface area contributed by atoms with Crippen LogP contribution in [0.5, 0.6) is 0 Å². The predicted octanol–water partition coefficient (Wildman–Crippen LogP) is -0.0705. The fourth-order valence-electron chi connectivity index (χ4n) is 5.43. The Kier molecular flexibility index (Phi) is 6.25. The second-order valence-electron chi connectivity index (χ2n) is 9.51. The van der Waals surface area contributed by atoms with Crippen LogP contribution in [0.4, 0.5) is 0 Å². The zero-order valence-electron chi connectivity index (χ0n) is 18.9. The molecule has 2 aliphatic carbocycles. The van der Waals surface area contributed by atoms with Gasteiger partial charge in [0.25, 0.3) is 0 Å². The summed E-state index contributed by atoms with van der Waals surface area (Å²) in [7, 11) is 0. The number of esters is 2. The number of carbonyl (C=O) groups is 3. The quantitative estimate of drug-likeness (QED) is 0.380. The molecule has 4 rings (SSSR count). The first kappa shape index (κ1) is 24.0. The summed E-state index contributed by atoms with van der Waals surface area (Å²) in [5.74, 6) is -2.16. The van der Waals surface area contributed by atoms with Crippen LogP contribution in [-0.2, 0) is 33.3 Å². The Labute approximate surface area is 191 Å². The third kappa shape index (κ3) is 4.04. The SMILES string of the molecule is C=C1C(=O)O[C@@H]2C(=O)C(C)=C3CC[C@@](C)(O[C@@H]4O[C@H](COC(C)=O)[C@@H](O)[C@H](O)[C@H]4O)[C@@H]3C[C@H]12. The summed E-state index contributed by atoms with van der Waals surface area (Å²) in [6.45, 7) is 8.26. The van der Waals surface area contributed by atoms with Crippen molar-refractivity contribution in [3.05, 3.63) is 23.3 Å². The van der Waals surface area contributed by atoms with Gasteiger partial charge in [-0.3, -0.25) is 9.59 Å². The summed E-state index contributed by atoms with van der Waals surface area (Å²) in [6, 6.07) is 0. The molecule has 33 heavy (non-hydrogen) atoms. The molecular weight excluding hydrogens is 436 g/mol. The van der Waals surface area contributed by atoms with Crippen molar-refractivity contribution in [3.63, 3.8) is 0 Å². The first-order chi connectivity index (χ1) is 15.4. The molecule has 0 amide bonds. The molecule has 2 saturated heterocycles. The van der Waals surface area contributed by atoms with Crippen molar-refractivity contribution in [1.82, 2.24) is 0 Å². The average molecular weight is 466 g/mol. The van der Waals surface area contributed by atoms with Gasteiger partial charge in [-0.05, 0) is 38.7 Å². The van der Waals surface area contributed by atoms with Gasteiger partial charge in [0.05, 0.1) is 5.60 Å². The highest BCUT2D eigenvalue weighted by molar-refractivity contribution is 6.05. The maximum absolute atomic E-state index is 13.0. The van der Waals surface area contributed by atoms with E-state index in [1.54, 1.807) is 6.92 Å². The van der Waals surface area contributed by atoms with Crippen molar-refractivity contribution in [2.45, 2.75) is 82.4 Å². The minimum atomic E-state index is -1.58. The van der Waals surface area contributed by atoms with E-state index in [-0.39, 0.29) is 23.9 Å². The van der Waals surface area contributed by atoms with E-state index < -0.39 is 60.3 Å². The van der Waals surface area contributed by atoms with E-state index >= 15 is 0 Å². The van der Waals surface area contributed by atoms with E-state index in [0.29, 0.717) is 24.8 Å². The van der Waals surface area contributed by atoms with Gasteiger partial charge >= 0.3 is 11.9 Å². The van der Waals surface area contributed by atoms with Gasteiger partial charge in [-0.1, -0.05) is 12.2 Å². The molecule has 9 atom stereocenters. The molecule has 10 heteroatoms. The van der Waals surface area contributed by atoms with Crippen LogP contribution in [-0.4, -0.2) is 82.1 Å². The molecule has 0 spiro atoms. The summed E-state index contributed by atoms with van der Waals surface area (Å²) >= 11 is 0. The van der Waals surface area contributed by atoms with Crippen molar-refractivity contribution in [1.29, 1.82) is 0 Å². The van der Waals surface area contributed by atoms with Crippen molar-refractivity contribution in [2.75, 3.05) is 6.61 Å². The minimum Gasteiger partial charge on any atom is -0.463 e. The number of Topliss-reactive ketones (excluding diaryl/α,β-unsaturated/α-hetero) is 1. The molecule has 0 unspecified atom stereocenters.